The van der Waals surface area contributed by atoms with E-state index >= 15 is 0 Å². The molecule has 1 amide bonds. The van der Waals surface area contributed by atoms with Crippen molar-refractivity contribution in [3.05, 3.63) is 77.1 Å². The van der Waals surface area contributed by atoms with Crippen molar-refractivity contribution >= 4 is 5.91 Å². The molecular formula is C18H18N4O. The zero-order valence-electron chi connectivity index (χ0n) is 13.2. The monoisotopic (exact) mass is 306 g/mol. The van der Waals surface area contributed by atoms with Crippen LogP contribution >= 0.6 is 0 Å². The molecule has 5 nitrogen and oxygen atoms in total. The number of benzene rings is 2. The molecule has 116 valence electrons. The first kappa shape index (κ1) is 15.0. The zero-order chi connectivity index (χ0) is 16.2. The number of nitrogens with zero attached hydrogens (tertiary/aromatic N) is 3. The topological polar surface area (TPSA) is 59.8 Å². The molecular weight excluding hydrogens is 288 g/mol. The molecule has 0 bridgehead atoms. The standard InChI is InChI=1S/C18H18N4O/c1-13-8-10-15(11-9-13)12-19-18(23)17-14(2)20-22(21-17)16-6-4-3-5-7-16/h3-11H,12H2,1-2H3,(H,19,23). The second kappa shape index (κ2) is 6.44. The molecule has 0 fully saturated rings. The molecule has 3 aromatic rings. The summed E-state index contributed by atoms with van der Waals surface area (Å²) in [5, 5.41) is 11.5. The lowest BCUT2D eigenvalue weighted by atomic mass is 10.1. The highest BCUT2D eigenvalue weighted by Gasteiger charge is 2.15. The van der Waals surface area contributed by atoms with E-state index in [-0.39, 0.29) is 5.91 Å². The Morgan fingerprint density at radius 1 is 1.00 bits per heavy atom. The van der Waals surface area contributed by atoms with E-state index in [9.17, 15) is 4.79 Å². The lowest BCUT2D eigenvalue weighted by Crippen LogP contribution is -2.24. The summed E-state index contributed by atoms with van der Waals surface area (Å²) in [4.78, 5) is 13.8. The Morgan fingerprint density at radius 3 is 2.39 bits per heavy atom. The van der Waals surface area contributed by atoms with E-state index < -0.39 is 0 Å². The van der Waals surface area contributed by atoms with Gasteiger partial charge in [-0.3, -0.25) is 4.79 Å². The van der Waals surface area contributed by atoms with Crippen LogP contribution in [0, 0.1) is 13.8 Å². The fourth-order valence-corrected chi connectivity index (χ4v) is 2.24. The van der Waals surface area contributed by atoms with Gasteiger partial charge >= 0.3 is 0 Å². The van der Waals surface area contributed by atoms with E-state index in [1.165, 1.54) is 10.4 Å². The average molecular weight is 306 g/mol. The van der Waals surface area contributed by atoms with Crippen molar-refractivity contribution in [3.63, 3.8) is 0 Å². The van der Waals surface area contributed by atoms with Gasteiger partial charge in [0.2, 0.25) is 0 Å². The zero-order valence-corrected chi connectivity index (χ0v) is 13.2. The van der Waals surface area contributed by atoms with Crippen LogP contribution in [0.4, 0.5) is 0 Å². The van der Waals surface area contributed by atoms with Gasteiger partial charge in [0, 0.05) is 6.54 Å². The van der Waals surface area contributed by atoms with Crippen LogP contribution in [0.2, 0.25) is 0 Å². The van der Waals surface area contributed by atoms with Crippen LogP contribution < -0.4 is 5.32 Å². The largest absolute Gasteiger partial charge is 0.347 e. The fraction of sp³-hybridized carbons (Fsp3) is 0.167. The predicted molar refractivity (Wildman–Crippen MR) is 88.4 cm³/mol. The molecule has 5 heteroatoms. The summed E-state index contributed by atoms with van der Waals surface area (Å²) in [5.74, 6) is -0.217. The minimum atomic E-state index is -0.217. The van der Waals surface area contributed by atoms with Gasteiger partial charge < -0.3 is 5.32 Å². The molecule has 1 N–H and O–H groups in total. The summed E-state index contributed by atoms with van der Waals surface area (Å²) >= 11 is 0. The maximum atomic E-state index is 12.3. The highest BCUT2D eigenvalue weighted by molar-refractivity contribution is 5.93. The van der Waals surface area contributed by atoms with Crippen molar-refractivity contribution in [3.8, 4) is 5.69 Å². The third-order valence-corrected chi connectivity index (χ3v) is 3.56. The summed E-state index contributed by atoms with van der Waals surface area (Å²) in [6.45, 7) is 4.29. The van der Waals surface area contributed by atoms with E-state index in [0.29, 0.717) is 17.9 Å². The molecule has 0 saturated carbocycles. The third kappa shape index (κ3) is 3.45. The Kier molecular flexibility index (Phi) is 4.19. The van der Waals surface area contributed by atoms with Crippen molar-refractivity contribution < 1.29 is 4.79 Å². The number of aromatic nitrogens is 3. The van der Waals surface area contributed by atoms with Gasteiger partial charge in [0.1, 0.15) is 0 Å². The second-order valence-electron chi connectivity index (χ2n) is 5.43. The lowest BCUT2D eigenvalue weighted by Gasteiger charge is -2.04. The van der Waals surface area contributed by atoms with Crippen molar-refractivity contribution in [1.29, 1.82) is 0 Å². The highest BCUT2D eigenvalue weighted by Crippen LogP contribution is 2.09. The maximum absolute atomic E-state index is 12.3. The van der Waals surface area contributed by atoms with Gasteiger partial charge in [-0.1, -0.05) is 48.0 Å². The Morgan fingerprint density at radius 2 is 1.70 bits per heavy atom. The normalized spacial score (nSPS) is 10.5. The minimum absolute atomic E-state index is 0.217. The minimum Gasteiger partial charge on any atom is -0.347 e. The number of carbonyl (C=O) groups excluding carboxylic acids is 1. The van der Waals surface area contributed by atoms with E-state index in [2.05, 4.69) is 15.5 Å². The first-order valence-corrected chi connectivity index (χ1v) is 7.46. The van der Waals surface area contributed by atoms with Crippen molar-refractivity contribution in [1.82, 2.24) is 20.3 Å². The van der Waals surface area contributed by atoms with Gasteiger partial charge in [0.25, 0.3) is 5.91 Å². The summed E-state index contributed by atoms with van der Waals surface area (Å²) in [6.07, 6.45) is 0. The van der Waals surface area contributed by atoms with Crippen LogP contribution in [0.3, 0.4) is 0 Å². The predicted octanol–water partition coefficient (Wildman–Crippen LogP) is 2.81. The van der Waals surface area contributed by atoms with Crippen LogP contribution in [0.5, 0.6) is 0 Å². The molecule has 0 radical (unpaired) electrons. The van der Waals surface area contributed by atoms with Crippen LogP contribution in [0.1, 0.15) is 27.3 Å². The van der Waals surface area contributed by atoms with E-state index in [4.69, 9.17) is 0 Å². The first-order valence-electron chi connectivity index (χ1n) is 7.46. The molecule has 1 heterocycles. The number of nitrogens with one attached hydrogen (secondary N) is 1. The van der Waals surface area contributed by atoms with Gasteiger partial charge in [-0.15, -0.1) is 5.10 Å². The third-order valence-electron chi connectivity index (χ3n) is 3.56. The summed E-state index contributed by atoms with van der Waals surface area (Å²) in [5.41, 5.74) is 4.03. The number of para-hydroxylation sites is 1. The molecule has 0 unspecified atom stereocenters. The molecule has 0 atom stereocenters. The number of hydrogen-bond donors (Lipinski definition) is 1. The fourth-order valence-electron chi connectivity index (χ4n) is 2.24. The first-order chi connectivity index (χ1) is 11.1. The quantitative estimate of drug-likeness (QED) is 0.806. The SMILES string of the molecule is Cc1ccc(CNC(=O)c2nn(-c3ccccc3)nc2C)cc1. The molecule has 23 heavy (non-hydrogen) atoms. The molecule has 0 saturated heterocycles. The Balaban J connectivity index is 1.72. The molecule has 3 rings (SSSR count). The van der Waals surface area contributed by atoms with Crippen LogP contribution in [0.25, 0.3) is 5.69 Å². The van der Waals surface area contributed by atoms with Gasteiger partial charge in [0.05, 0.1) is 11.4 Å². The average Bonchev–Trinajstić information content (AvgIpc) is 2.97. The Hall–Kier alpha value is -2.95. The Labute approximate surface area is 135 Å². The number of hydrogen-bond acceptors (Lipinski definition) is 3. The Bertz CT molecular complexity index is 807. The van der Waals surface area contributed by atoms with Crippen LogP contribution in [-0.2, 0) is 6.54 Å². The molecule has 0 aliphatic heterocycles. The molecule has 0 aliphatic carbocycles. The molecule has 1 aromatic heterocycles. The summed E-state index contributed by atoms with van der Waals surface area (Å²) < 4.78 is 0. The van der Waals surface area contributed by atoms with Gasteiger partial charge in [-0.2, -0.15) is 9.90 Å². The van der Waals surface area contributed by atoms with E-state index in [0.717, 1.165) is 11.3 Å². The van der Waals surface area contributed by atoms with Crippen molar-refractivity contribution in [2.75, 3.05) is 0 Å². The lowest BCUT2D eigenvalue weighted by molar-refractivity contribution is 0.0945. The molecule has 0 aliphatic rings. The summed E-state index contributed by atoms with van der Waals surface area (Å²) in [6, 6.07) is 17.6. The number of rotatable bonds is 4. The maximum Gasteiger partial charge on any atom is 0.274 e. The van der Waals surface area contributed by atoms with E-state index in [1.54, 1.807) is 6.92 Å². The molecule has 0 spiro atoms. The van der Waals surface area contributed by atoms with Crippen molar-refractivity contribution in [2.45, 2.75) is 20.4 Å². The number of carbonyl (C=O) groups is 1. The second-order valence-corrected chi connectivity index (χ2v) is 5.43. The van der Waals surface area contributed by atoms with Crippen LogP contribution in [-0.4, -0.2) is 20.9 Å². The smallest absolute Gasteiger partial charge is 0.274 e. The number of aryl methyl sites for hydroxylation is 2. The number of amides is 1. The van der Waals surface area contributed by atoms with E-state index in [1.807, 2.05) is 61.5 Å². The highest BCUT2D eigenvalue weighted by atomic mass is 16.2. The summed E-state index contributed by atoms with van der Waals surface area (Å²) in [7, 11) is 0. The van der Waals surface area contributed by atoms with Gasteiger partial charge in [-0.25, -0.2) is 0 Å². The van der Waals surface area contributed by atoms with Gasteiger partial charge in [0.15, 0.2) is 5.69 Å². The van der Waals surface area contributed by atoms with Crippen LogP contribution in [0.15, 0.2) is 54.6 Å². The molecule has 2 aromatic carbocycles. The van der Waals surface area contributed by atoms with Crippen molar-refractivity contribution in [2.24, 2.45) is 0 Å². The van der Waals surface area contributed by atoms with Gasteiger partial charge in [-0.05, 0) is 31.5 Å².